The number of hydrogen-bond acceptors (Lipinski definition) is 9. The number of hydrazine groups is 1. The SMILES string of the molecule is C/C(N)=C/N(N)Cc1cn2cc(C3CC3)ccc2n1.COc1ccc(-n2cnnn2)c(CNC=O)c1F. The van der Waals surface area contributed by atoms with Crippen molar-refractivity contribution in [2.75, 3.05) is 7.11 Å². The topological polar surface area (TPSA) is 155 Å². The second kappa shape index (κ2) is 11.5. The molecule has 0 aliphatic heterocycles. The highest BCUT2D eigenvalue weighted by molar-refractivity contribution is 5.50. The standard InChI is InChI=1S/C14H19N5.C10H10FN5O2/c1-10(15)6-19(16)9-13-8-18-7-12(11-2-3-11)4-5-14(18)17-13;1-18-9-3-2-8(16-5-13-14-15-16)7(10(9)11)4-12-6-17/h4-8,11H,2-3,9,15-16H2,1H3;2-3,5-6H,4H2,1H3,(H,12,17)/b10-6-;. The Morgan fingerprint density at radius 3 is 2.76 bits per heavy atom. The lowest BCUT2D eigenvalue weighted by Crippen LogP contribution is -2.25. The number of nitrogens with one attached hydrogen (secondary N) is 1. The van der Waals surface area contributed by atoms with E-state index in [1.165, 1.54) is 42.6 Å². The molecule has 5 rings (SSSR count). The number of pyridine rings is 1. The molecule has 1 saturated carbocycles. The van der Waals surface area contributed by atoms with Crippen molar-refractivity contribution in [1.82, 2.24) is 39.9 Å². The molecule has 0 unspecified atom stereocenters. The largest absolute Gasteiger partial charge is 0.494 e. The maximum absolute atomic E-state index is 14.1. The molecule has 0 radical (unpaired) electrons. The first-order valence-electron chi connectivity index (χ1n) is 11.6. The molecule has 0 atom stereocenters. The van der Waals surface area contributed by atoms with Crippen molar-refractivity contribution < 1.29 is 13.9 Å². The molecule has 3 heterocycles. The third kappa shape index (κ3) is 6.38. The van der Waals surface area contributed by atoms with Crippen LogP contribution in [0, 0.1) is 5.82 Å². The molecule has 1 amide bonds. The zero-order valence-corrected chi connectivity index (χ0v) is 20.6. The third-order valence-electron chi connectivity index (χ3n) is 5.65. The Hall–Kier alpha value is -4.52. The van der Waals surface area contributed by atoms with Crippen LogP contribution in [0.3, 0.4) is 0 Å². The van der Waals surface area contributed by atoms with Crippen LogP contribution in [0.4, 0.5) is 4.39 Å². The summed E-state index contributed by atoms with van der Waals surface area (Å²) < 4.78 is 22.4. The number of tetrazole rings is 1. The number of methoxy groups -OCH3 is 1. The summed E-state index contributed by atoms with van der Waals surface area (Å²) in [5.74, 6) is 6.13. The number of halogens is 1. The molecule has 1 aliphatic carbocycles. The van der Waals surface area contributed by atoms with E-state index in [1.807, 2.05) is 13.1 Å². The summed E-state index contributed by atoms with van der Waals surface area (Å²) in [6, 6.07) is 7.33. The van der Waals surface area contributed by atoms with Crippen LogP contribution >= 0.6 is 0 Å². The lowest BCUT2D eigenvalue weighted by Gasteiger charge is -2.12. The molecule has 5 N–H and O–H groups in total. The van der Waals surface area contributed by atoms with E-state index < -0.39 is 5.82 Å². The molecule has 0 saturated heterocycles. The zero-order valence-electron chi connectivity index (χ0n) is 20.6. The van der Waals surface area contributed by atoms with Crippen molar-refractivity contribution in [2.24, 2.45) is 11.6 Å². The summed E-state index contributed by atoms with van der Waals surface area (Å²) in [5, 5.41) is 14.6. The van der Waals surface area contributed by atoms with E-state index in [-0.39, 0.29) is 17.9 Å². The van der Waals surface area contributed by atoms with Gasteiger partial charge in [0.25, 0.3) is 0 Å². The summed E-state index contributed by atoms with van der Waals surface area (Å²) in [4.78, 5) is 14.9. The van der Waals surface area contributed by atoms with E-state index in [4.69, 9.17) is 16.3 Å². The molecule has 4 aromatic rings. The van der Waals surface area contributed by atoms with Crippen molar-refractivity contribution >= 4 is 12.1 Å². The predicted molar refractivity (Wildman–Crippen MR) is 133 cm³/mol. The van der Waals surface area contributed by atoms with Gasteiger partial charge in [0.05, 0.1) is 25.0 Å². The number of imidazole rings is 1. The van der Waals surface area contributed by atoms with Gasteiger partial charge in [0.2, 0.25) is 6.41 Å². The molecule has 1 aromatic carbocycles. The van der Waals surface area contributed by atoms with Gasteiger partial charge < -0.3 is 25.2 Å². The van der Waals surface area contributed by atoms with Crippen molar-refractivity contribution in [1.29, 1.82) is 0 Å². The van der Waals surface area contributed by atoms with Crippen LogP contribution in [0.5, 0.6) is 5.75 Å². The van der Waals surface area contributed by atoms with E-state index in [0.717, 1.165) is 17.3 Å². The second-order valence-electron chi connectivity index (χ2n) is 8.61. The van der Waals surface area contributed by atoms with Gasteiger partial charge in [-0.05, 0) is 59.9 Å². The number of benzene rings is 1. The third-order valence-corrected chi connectivity index (χ3v) is 5.65. The fourth-order valence-electron chi connectivity index (χ4n) is 3.84. The van der Waals surface area contributed by atoms with E-state index in [1.54, 1.807) is 17.3 Å². The fraction of sp³-hybridized carbons (Fsp3) is 0.292. The maximum Gasteiger partial charge on any atom is 0.207 e. The average molecular weight is 509 g/mol. The first-order valence-corrected chi connectivity index (χ1v) is 11.6. The average Bonchev–Trinajstić information content (AvgIpc) is 3.42. The number of carbonyl (C=O) groups is 1. The van der Waals surface area contributed by atoms with E-state index in [2.05, 4.69) is 48.6 Å². The van der Waals surface area contributed by atoms with Gasteiger partial charge >= 0.3 is 0 Å². The van der Waals surface area contributed by atoms with Gasteiger partial charge in [-0.25, -0.2) is 19.9 Å². The van der Waals surface area contributed by atoms with Gasteiger partial charge in [-0.15, -0.1) is 5.10 Å². The van der Waals surface area contributed by atoms with Crippen LogP contribution in [-0.2, 0) is 17.9 Å². The van der Waals surface area contributed by atoms with Gasteiger partial charge in [0, 0.05) is 36.4 Å². The molecule has 1 aliphatic rings. The minimum Gasteiger partial charge on any atom is -0.494 e. The lowest BCUT2D eigenvalue weighted by molar-refractivity contribution is -0.109. The monoisotopic (exact) mass is 508 g/mol. The Kier molecular flexibility index (Phi) is 7.93. The maximum atomic E-state index is 14.1. The first kappa shape index (κ1) is 25.6. The molecule has 37 heavy (non-hydrogen) atoms. The number of rotatable bonds is 9. The summed E-state index contributed by atoms with van der Waals surface area (Å²) in [5.41, 5.74) is 10.3. The molecule has 0 bridgehead atoms. The van der Waals surface area contributed by atoms with Crippen LogP contribution in [-0.4, -0.2) is 48.1 Å². The number of amides is 1. The summed E-state index contributed by atoms with van der Waals surface area (Å²) >= 11 is 0. The van der Waals surface area contributed by atoms with Crippen LogP contribution in [0.1, 0.15) is 42.5 Å². The molecule has 1 fully saturated rings. The molecule has 0 spiro atoms. The Bertz CT molecular complexity index is 1380. The Morgan fingerprint density at radius 1 is 1.30 bits per heavy atom. The van der Waals surface area contributed by atoms with Crippen LogP contribution in [0.2, 0.25) is 0 Å². The lowest BCUT2D eigenvalue weighted by atomic mass is 10.1. The van der Waals surface area contributed by atoms with Gasteiger partial charge in [0.15, 0.2) is 11.6 Å². The number of ether oxygens (including phenoxy) is 1. The summed E-state index contributed by atoms with van der Waals surface area (Å²) in [6.07, 6.45) is 10.4. The van der Waals surface area contributed by atoms with Crippen molar-refractivity contribution in [3.63, 3.8) is 0 Å². The number of carbonyl (C=O) groups excluding carboxylic acids is 1. The molecule has 13 heteroatoms. The highest BCUT2D eigenvalue weighted by atomic mass is 19.1. The van der Waals surface area contributed by atoms with Gasteiger partial charge in [-0.2, -0.15) is 0 Å². The summed E-state index contributed by atoms with van der Waals surface area (Å²) in [7, 11) is 1.37. The molecular weight excluding hydrogens is 479 g/mol. The normalized spacial score (nSPS) is 13.1. The van der Waals surface area contributed by atoms with E-state index in [9.17, 15) is 9.18 Å². The quantitative estimate of drug-likeness (QED) is 0.174. The van der Waals surface area contributed by atoms with Crippen molar-refractivity contribution in [3.8, 4) is 11.4 Å². The Balaban J connectivity index is 0.000000173. The Labute approximate surface area is 212 Å². The molecule has 12 nitrogen and oxygen atoms in total. The first-order chi connectivity index (χ1) is 17.9. The smallest absolute Gasteiger partial charge is 0.207 e. The predicted octanol–water partition coefficient (Wildman–Crippen LogP) is 1.76. The number of fused-ring (bicyclic) bond motifs is 1. The van der Waals surface area contributed by atoms with E-state index in [0.29, 0.717) is 24.3 Å². The van der Waals surface area contributed by atoms with Gasteiger partial charge in [-0.3, -0.25) is 4.79 Å². The minimum absolute atomic E-state index is 0.0156. The number of hydrogen-bond donors (Lipinski definition) is 3. The fourth-order valence-corrected chi connectivity index (χ4v) is 3.84. The highest BCUT2D eigenvalue weighted by Gasteiger charge is 2.23. The van der Waals surface area contributed by atoms with Crippen molar-refractivity contribution in [2.45, 2.75) is 38.8 Å². The van der Waals surface area contributed by atoms with Gasteiger partial charge in [-0.1, -0.05) is 6.07 Å². The van der Waals surface area contributed by atoms with Crippen LogP contribution in [0.25, 0.3) is 11.3 Å². The van der Waals surface area contributed by atoms with Gasteiger partial charge in [0.1, 0.15) is 12.0 Å². The van der Waals surface area contributed by atoms with Crippen LogP contribution < -0.4 is 21.6 Å². The number of allylic oxidation sites excluding steroid dienone is 1. The number of aromatic nitrogens is 6. The summed E-state index contributed by atoms with van der Waals surface area (Å²) in [6.45, 7) is 2.38. The minimum atomic E-state index is -0.556. The molecular formula is C24H29FN10O2. The Morgan fingerprint density at radius 2 is 2.11 bits per heavy atom. The number of nitrogens with two attached hydrogens (primary N) is 2. The second-order valence-corrected chi connectivity index (χ2v) is 8.61. The van der Waals surface area contributed by atoms with E-state index >= 15 is 0 Å². The number of nitrogens with zero attached hydrogens (tertiary/aromatic N) is 7. The molecule has 194 valence electrons. The van der Waals surface area contributed by atoms with Crippen molar-refractivity contribution in [3.05, 3.63) is 77.5 Å². The highest BCUT2D eigenvalue weighted by Crippen LogP contribution is 2.39. The zero-order chi connectivity index (χ0) is 26.4. The molecule has 3 aromatic heterocycles. The van der Waals surface area contributed by atoms with Crippen LogP contribution in [0.15, 0.2) is 54.9 Å².